The maximum Gasteiger partial charge on any atom is 0.337 e. The lowest BCUT2D eigenvalue weighted by Crippen LogP contribution is -2.32. The van der Waals surface area contributed by atoms with Gasteiger partial charge in [0.05, 0.1) is 25.3 Å². The van der Waals surface area contributed by atoms with E-state index in [2.05, 4.69) is 20.0 Å². The summed E-state index contributed by atoms with van der Waals surface area (Å²) in [7, 11) is 1.36. The Hall–Kier alpha value is -2.58. The van der Waals surface area contributed by atoms with Gasteiger partial charge in [0.15, 0.2) is 0 Å². The molecule has 4 rings (SSSR count). The molecule has 1 atom stereocenters. The summed E-state index contributed by atoms with van der Waals surface area (Å²) in [4.78, 5) is 22.9. The van der Waals surface area contributed by atoms with Crippen LogP contribution in [0.5, 0.6) is 0 Å². The zero-order chi connectivity index (χ0) is 18.6. The van der Waals surface area contributed by atoms with Crippen LogP contribution in [0, 0.1) is 0 Å². The molecule has 2 aromatic heterocycles. The Bertz CT molecular complexity index is 892. The van der Waals surface area contributed by atoms with Crippen LogP contribution in [0.1, 0.15) is 46.6 Å². The van der Waals surface area contributed by atoms with E-state index in [4.69, 9.17) is 9.26 Å². The number of hydrogen-bond donors (Lipinski definition) is 0. The molecule has 0 unspecified atom stereocenters. The first-order chi connectivity index (χ1) is 13.2. The van der Waals surface area contributed by atoms with Gasteiger partial charge < -0.3 is 9.26 Å². The van der Waals surface area contributed by atoms with E-state index in [9.17, 15) is 4.79 Å². The normalized spacial score (nSPS) is 17.7. The Balaban J connectivity index is 1.48. The Morgan fingerprint density at radius 3 is 2.93 bits per heavy atom. The van der Waals surface area contributed by atoms with Crippen LogP contribution in [0.3, 0.4) is 0 Å². The molecule has 0 amide bonds. The highest BCUT2D eigenvalue weighted by atomic mass is 32.1. The molecule has 0 radical (unpaired) electrons. The fourth-order valence-electron chi connectivity index (χ4n) is 3.34. The summed E-state index contributed by atoms with van der Waals surface area (Å²) in [5, 5.41) is 7.26. The minimum Gasteiger partial charge on any atom is -0.465 e. The van der Waals surface area contributed by atoms with Crippen LogP contribution in [0.4, 0.5) is 0 Å². The first-order valence-corrected chi connectivity index (χ1v) is 9.77. The largest absolute Gasteiger partial charge is 0.465 e. The van der Waals surface area contributed by atoms with E-state index in [1.54, 1.807) is 35.6 Å². The second kappa shape index (κ2) is 7.98. The molecule has 0 spiro atoms. The third-order valence-electron chi connectivity index (χ3n) is 4.72. The average Bonchev–Trinajstić information content (AvgIpc) is 3.40. The smallest absolute Gasteiger partial charge is 0.337 e. The van der Waals surface area contributed by atoms with Gasteiger partial charge in [0.2, 0.25) is 11.7 Å². The molecule has 1 aromatic carbocycles. The first kappa shape index (κ1) is 17.8. The summed E-state index contributed by atoms with van der Waals surface area (Å²) in [6.07, 6.45) is 5.33. The molecule has 27 heavy (non-hydrogen) atoms. The van der Waals surface area contributed by atoms with Gasteiger partial charge in [-0.15, -0.1) is 11.3 Å². The van der Waals surface area contributed by atoms with E-state index in [1.165, 1.54) is 13.5 Å². The summed E-state index contributed by atoms with van der Waals surface area (Å²) < 4.78 is 10.2. The number of thiazole rings is 1. The van der Waals surface area contributed by atoms with E-state index < -0.39 is 0 Å². The van der Waals surface area contributed by atoms with Crippen molar-refractivity contribution in [3.63, 3.8) is 0 Å². The van der Waals surface area contributed by atoms with Crippen molar-refractivity contribution >= 4 is 17.3 Å². The lowest BCUT2D eigenvalue weighted by atomic mass is 10.0. The Labute approximate surface area is 161 Å². The molecule has 1 aliphatic rings. The molecular weight excluding hydrogens is 364 g/mol. The summed E-state index contributed by atoms with van der Waals surface area (Å²) >= 11 is 1.69. The van der Waals surface area contributed by atoms with Crippen molar-refractivity contribution < 1.29 is 14.1 Å². The van der Waals surface area contributed by atoms with Crippen LogP contribution >= 0.6 is 11.3 Å². The van der Waals surface area contributed by atoms with Gasteiger partial charge in [0.25, 0.3) is 0 Å². The number of piperidine rings is 1. The standard InChI is InChI=1S/C19H20N4O3S/c1-25-19(24)14-7-5-13(6-8-14)17-21-16(26-22-17)12-23-10-3-2-4-15(23)18-20-9-11-27-18/h5-9,11,15H,2-4,10,12H2,1H3/t15-/m1/s1. The van der Waals surface area contributed by atoms with Gasteiger partial charge >= 0.3 is 5.97 Å². The van der Waals surface area contributed by atoms with E-state index in [1.807, 2.05) is 11.6 Å². The van der Waals surface area contributed by atoms with Crippen LogP contribution in [-0.2, 0) is 11.3 Å². The third-order valence-corrected chi connectivity index (χ3v) is 5.60. The second-order valence-electron chi connectivity index (χ2n) is 6.43. The van der Waals surface area contributed by atoms with Gasteiger partial charge in [-0.3, -0.25) is 4.90 Å². The van der Waals surface area contributed by atoms with Gasteiger partial charge in [-0.1, -0.05) is 23.7 Å². The number of nitrogens with zero attached hydrogens (tertiary/aromatic N) is 4. The van der Waals surface area contributed by atoms with Crippen LogP contribution in [0.25, 0.3) is 11.4 Å². The van der Waals surface area contributed by atoms with Crippen LogP contribution in [-0.4, -0.2) is 39.6 Å². The van der Waals surface area contributed by atoms with E-state index >= 15 is 0 Å². The molecule has 3 aromatic rings. The summed E-state index contributed by atoms with van der Waals surface area (Å²) in [5.74, 6) is 0.739. The minimum absolute atomic E-state index is 0.313. The maximum atomic E-state index is 11.5. The average molecular weight is 384 g/mol. The number of esters is 1. The number of aromatic nitrogens is 3. The molecule has 0 saturated carbocycles. The minimum atomic E-state index is -0.367. The number of hydrogen-bond acceptors (Lipinski definition) is 8. The molecule has 140 valence electrons. The van der Waals surface area contributed by atoms with E-state index in [0.717, 1.165) is 30.0 Å². The molecule has 0 aliphatic carbocycles. The highest BCUT2D eigenvalue weighted by Crippen LogP contribution is 2.33. The fourth-order valence-corrected chi connectivity index (χ4v) is 4.15. The van der Waals surface area contributed by atoms with E-state index in [0.29, 0.717) is 29.9 Å². The lowest BCUT2D eigenvalue weighted by Gasteiger charge is -2.33. The van der Waals surface area contributed by atoms with Gasteiger partial charge in [0, 0.05) is 17.1 Å². The zero-order valence-electron chi connectivity index (χ0n) is 15.0. The number of carbonyl (C=O) groups excluding carboxylic acids is 1. The Kier molecular flexibility index (Phi) is 5.26. The Morgan fingerprint density at radius 1 is 1.33 bits per heavy atom. The summed E-state index contributed by atoms with van der Waals surface area (Å²) in [6.45, 7) is 1.60. The highest BCUT2D eigenvalue weighted by Gasteiger charge is 2.27. The maximum absolute atomic E-state index is 11.5. The van der Waals surface area contributed by atoms with Crippen molar-refractivity contribution in [3.8, 4) is 11.4 Å². The molecule has 1 saturated heterocycles. The quantitative estimate of drug-likeness (QED) is 0.620. The molecular formula is C19H20N4O3S. The molecule has 1 aliphatic heterocycles. The van der Waals surface area contributed by atoms with Crippen LogP contribution in [0.2, 0.25) is 0 Å². The Morgan fingerprint density at radius 2 is 2.19 bits per heavy atom. The second-order valence-corrected chi connectivity index (χ2v) is 7.36. The van der Waals surface area contributed by atoms with Crippen molar-refractivity contribution in [2.75, 3.05) is 13.7 Å². The van der Waals surface area contributed by atoms with Crippen LogP contribution < -0.4 is 0 Å². The van der Waals surface area contributed by atoms with Crippen molar-refractivity contribution in [1.29, 1.82) is 0 Å². The van der Waals surface area contributed by atoms with Crippen molar-refractivity contribution in [2.45, 2.75) is 31.8 Å². The highest BCUT2D eigenvalue weighted by molar-refractivity contribution is 7.09. The van der Waals surface area contributed by atoms with Gasteiger partial charge in [0.1, 0.15) is 5.01 Å². The predicted octanol–water partition coefficient (Wildman–Crippen LogP) is 3.71. The molecule has 8 heteroatoms. The summed E-state index contributed by atoms with van der Waals surface area (Å²) in [6, 6.07) is 7.29. The lowest BCUT2D eigenvalue weighted by molar-refractivity contribution is 0.0601. The molecule has 3 heterocycles. The fraction of sp³-hybridized carbons (Fsp3) is 0.368. The monoisotopic (exact) mass is 384 g/mol. The first-order valence-electron chi connectivity index (χ1n) is 8.89. The number of carbonyl (C=O) groups is 1. The summed E-state index contributed by atoms with van der Waals surface area (Å²) in [5.41, 5.74) is 1.29. The molecule has 0 bridgehead atoms. The van der Waals surface area contributed by atoms with Crippen molar-refractivity contribution in [1.82, 2.24) is 20.0 Å². The van der Waals surface area contributed by atoms with Gasteiger partial charge in [-0.2, -0.15) is 4.98 Å². The molecule has 7 nitrogen and oxygen atoms in total. The predicted molar refractivity (Wildman–Crippen MR) is 100 cm³/mol. The number of benzene rings is 1. The van der Waals surface area contributed by atoms with Crippen LogP contribution in [0.15, 0.2) is 40.4 Å². The topological polar surface area (TPSA) is 81.4 Å². The molecule has 1 fully saturated rings. The number of rotatable bonds is 5. The van der Waals surface area contributed by atoms with Gasteiger partial charge in [-0.05, 0) is 31.5 Å². The third kappa shape index (κ3) is 3.91. The SMILES string of the molecule is COC(=O)c1ccc(-c2noc(CN3CCCC[C@@H]3c3nccs3)n2)cc1. The molecule has 0 N–H and O–H groups in total. The number of ether oxygens (including phenoxy) is 1. The zero-order valence-corrected chi connectivity index (χ0v) is 15.8. The number of likely N-dealkylation sites (tertiary alicyclic amines) is 1. The van der Waals surface area contributed by atoms with Gasteiger partial charge in [-0.25, -0.2) is 9.78 Å². The van der Waals surface area contributed by atoms with Crippen molar-refractivity contribution in [3.05, 3.63) is 52.3 Å². The van der Waals surface area contributed by atoms with Crippen molar-refractivity contribution in [2.24, 2.45) is 0 Å². The van der Waals surface area contributed by atoms with E-state index in [-0.39, 0.29) is 5.97 Å². The number of methoxy groups -OCH3 is 1.